The van der Waals surface area contributed by atoms with Crippen molar-refractivity contribution in [3.05, 3.63) is 35.2 Å². The van der Waals surface area contributed by atoms with E-state index in [0.29, 0.717) is 29.3 Å². The molecule has 1 fully saturated rings. The number of nitrogens with one attached hydrogen (secondary N) is 1. The molecule has 1 atom stereocenters. The Kier molecular flexibility index (Phi) is 9.64. The van der Waals surface area contributed by atoms with Crippen molar-refractivity contribution in [1.82, 2.24) is 25.3 Å². The van der Waals surface area contributed by atoms with Crippen molar-refractivity contribution in [2.45, 2.75) is 39.3 Å². The van der Waals surface area contributed by atoms with Crippen LogP contribution in [0.2, 0.25) is 5.02 Å². The third-order valence-electron chi connectivity index (χ3n) is 5.00. The standard InChI is InChI=1S/C20H29ClN6O.HI/c1-4-22-20(26(3)14-17-10-7-11-27(17)5-2)23-13-18-24-19(25-28-18)15-8-6-9-16(21)12-15;/h6,8-9,12,17H,4-5,7,10-11,13-14H2,1-3H3,(H,22,23);1H. The lowest BCUT2D eigenvalue weighted by molar-refractivity contribution is 0.232. The molecule has 1 aliphatic rings. The van der Waals surface area contributed by atoms with Gasteiger partial charge in [-0.05, 0) is 45.0 Å². The molecule has 1 N–H and O–H groups in total. The molecule has 7 nitrogen and oxygen atoms in total. The van der Waals surface area contributed by atoms with Gasteiger partial charge in [0.15, 0.2) is 5.96 Å². The number of halogens is 2. The van der Waals surface area contributed by atoms with Gasteiger partial charge in [0.05, 0.1) is 0 Å². The minimum atomic E-state index is 0. The maximum Gasteiger partial charge on any atom is 0.248 e. The number of likely N-dealkylation sites (tertiary alicyclic amines) is 1. The second kappa shape index (κ2) is 11.7. The van der Waals surface area contributed by atoms with Gasteiger partial charge in [0.1, 0.15) is 6.54 Å². The van der Waals surface area contributed by atoms with Gasteiger partial charge in [-0.3, -0.25) is 4.90 Å². The average Bonchev–Trinajstić information content (AvgIpc) is 3.34. The van der Waals surface area contributed by atoms with E-state index in [9.17, 15) is 0 Å². The molecule has 29 heavy (non-hydrogen) atoms. The van der Waals surface area contributed by atoms with E-state index < -0.39 is 0 Å². The molecule has 3 rings (SSSR count). The molecular weight excluding hydrogens is 503 g/mol. The summed E-state index contributed by atoms with van der Waals surface area (Å²) < 4.78 is 5.37. The fourth-order valence-corrected chi connectivity index (χ4v) is 3.79. The lowest BCUT2D eigenvalue weighted by atomic mass is 10.2. The number of aromatic nitrogens is 2. The summed E-state index contributed by atoms with van der Waals surface area (Å²) >= 11 is 6.04. The van der Waals surface area contributed by atoms with Crippen LogP contribution in [-0.2, 0) is 6.54 Å². The Bertz CT molecular complexity index is 799. The second-order valence-electron chi connectivity index (χ2n) is 7.00. The highest BCUT2D eigenvalue weighted by Gasteiger charge is 2.25. The third-order valence-corrected chi connectivity index (χ3v) is 5.24. The molecule has 2 heterocycles. The van der Waals surface area contributed by atoms with Crippen molar-refractivity contribution in [3.63, 3.8) is 0 Å². The third kappa shape index (κ3) is 6.55. The zero-order valence-electron chi connectivity index (χ0n) is 17.3. The Labute approximate surface area is 194 Å². The summed E-state index contributed by atoms with van der Waals surface area (Å²) in [6, 6.07) is 7.99. The number of nitrogens with zero attached hydrogens (tertiary/aromatic N) is 5. The number of benzene rings is 1. The smallest absolute Gasteiger partial charge is 0.248 e. The molecule has 1 aromatic heterocycles. The van der Waals surface area contributed by atoms with Gasteiger partial charge in [-0.15, -0.1) is 24.0 Å². The van der Waals surface area contributed by atoms with Gasteiger partial charge in [-0.25, -0.2) is 4.99 Å². The van der Waals surface area contributed by atoms with Gasteiger partial charge in [-0.1, -0.05) is 35.8 Å². The second-order valence-corrected chi connectivity index (χ2v) is 7.43. The summed E-state index contributed by atoms with van der Waals surface area (Å²) in [5, 5.41) is 8.05. The van der Waals surface area contributed by atoms with E-state index in [1.54, 1.807) is 0 Å². The summed E-state index contributed by atoms with van der Waals surface area (Å²) in [6.07, 6.45) is 2.51. The summed E-state index contributed by atoms with van der Waals surface area (Å²) in [4.78, 5) is 13.9. The first kappa shape index (κ1) is 23.9. The van der Waals surface area contributed by atoms with Crippen LogP contribution in [0.5, 0.6) is 0 Å². The SMILES string of the molecule is CCNC(=NCc1nc(-c2cccc(Cl)c2)no1)N(C)CC1CCCN1CC.I. The number of guanidine groups is 1. The summed E-state index contributed by atoms with van der Waals surface area (Å²) in [5.74, 6) is 1.86. The zero-order chi connectivity index (χ0) is 19.9. The van der Waals surface area contributed by atoms with Crippen molar-refractivity contribution < 1.29 is 4.52 Å². The van der Waals surface area contributed by atoms with E-state index in [4.69, 9.17) is 21.1 Å². The molecule has 9 heteroatoms. The van der Waals surface area contributed by atoms with Crippen molar-refractivity contribution in [2.75, 3.05) is 33.2 Å². The van der Waals surface area contributed by atoms with Crippen LogP contribution in [0.3, 0.4) is 0 Å². The normalized spacial score (nSPS) is 17.2. The van der Waals surface area contributed by atoms with Crippen LogP contribution in [0, 0.1) is 0 Å². The van der Waals surface area contributed by atoms with Crippen molar-refractivity contribution in [2.24, 2.45) is 4.99 Å². The van der Waals surface area contributed by atoms with E-state index in [1.807, 2.05) is 24.3 Å². The maximum atomic E-state index is 6.04. The number of rotatable bonds is 7. The minimum absolute atomic E-state index is 0. The van der Waals surface area contributed by atoms with E-state index in [-0.39, 0.29) is 24.0 Å². The van der Waals surface area contributed by atoms with Crippen LogP contribution in [0.4, 0.5) is 0 Å². The van der Waals surface area contributed by atoms with Crippen LogP contribution in [0.15, 0.2) is 33.8 Å². The zero-order valence-corrected chi connectivity index (χ0v) is 20.4. The van der Waals surface area contributed by atoms with Crippen LogP contribution in [0.25, 0.3) is 11.4 Å². The molecule has 0 spiro atoms. The Morgan fingerprint density at radius 1 is 1.41 bits per heavy atom. The lowest BCUT2D eigenvalue weighted by Crippen LogP contribution is -2.45. The van der Waals surface area contributed by atoms with Gasteiger partial charge in [0.25, 0.3) is 0 Å². The Morgan fingerprint density at radius 3 is 2.97 bits per heavy atom. The first-order valence-corrected chi connectivity index (χ1v) is 10.3. The predicted octanol–water partition coefficient (Wildman–Crippen LogP) is 3.89. The first-order chi connectivity index (χ1) is 13.6. The van der Waals surface area contributed by atoms with Crippen molar-refractivity contribution in [3.8, 4) is 11.4 Å². The van der Waals surface area contributed by atoms with E-state index in [2.05, 4.69) is 46.2 Å². The highest BCUT2D eigenvalue weighted by molar-refractivity contribution is 14.0. The lowest BCUT2D eigenvalue weighted by Gasteiger charge is -2.29. The fourth-order valence-electron chi connectivity index (χ4n) is 3.60. The molecular formula is C20H30ClIN6O. The molecule has 1 aromatic carbocycles. The average molecular weight is 533 g/mol. The number of likely N-dealkylation sites (N-methyl/N-ethyl adjacent to an activating group) is 2. The van der Waals surface area contributed by atoms with Crippen LogP contribution in [-0.4, -0.2) is 65.2 Å². The predicted molar refractivity (Wildman–Crippen MR) is 128 cm³/mol. The highest BCUT2D eigenvalue weighted by atomic mass is 127. The fraction of sp³-hybridized carbons (Fsp3) is 0.550. The first-order valence-electron chi connectivity index (χ1n) is 9.92. The molecule has 1 saturated heterocycles. The molecule has 1 unspecified atom stereocenters. The van der Waals surface area contributed by atoms with Crippen LogP contribution < -0.4 is 5.32 Å². The number of aliphatic imine (C=N–C) groups is 1. The van der Waals surface area contributed by atoms with E-state index >= 15 is 0 Å². The van der Waals surface area contributed by atoms with Crippen LogP contribution in [0.1, 0.15) is 32.6 Å². The molecule has 1 aliphatic heterocycles. The van der Waals surface area contributed by atoms with Gasteiger partial charge in [-0.2, -0.15) is 4.98 Å². The number of hydrogen-bond acceptors (Lipinski definition) is 5. The summed E-state index contributed by atoms with van der Waals surface area (Å²) in [5.41, 5.74) is 0.830. The molecule has 0 aliphatic carbocycles. The molecule has 2 aromatic rings. The van der Waals surface area contributed by atoms with Gasteiger partial charge in [0.2, 0.25) is 11.7 Å². The highest BCUT2D eigenvalue weighted by Crippen LogP contribution is 2.20. The quantitative estimate of drug-likeness (QED) is 0.331. The van der Waals surface area contributed by atoms with E-state index in [0.717, 1.165) is 31.2 Å². The largest absolute Gasteiger partial charge is 0.357 e. The van der Waals surface area contributed by atoms with E-state index in [1.165, 1.54) is 19.4 Å². The van der Waals surface area contributed by atoms with Crippen molar-refractivity contribution >= 4 is 41.5 Å². The molecule has 160 valence electrons. The van der Waals surface area contributed by atoms with Gasteiger partial charge >= 0.3 is 0 Å². The summed E-state index contributed by atoms with van der Waals surface area (Å²) in [6.45, 7) is 8.69. The Balaban J connectivity index is 0.00000300. The minimum Gasteiger partial charge on any atom is -0.357 e. The summed E-state index contributed by atoms with van der Waals surface area (Å²) in [7, 11) is 2.08. The topological polar surface area (TPSA) is 69.8 Å². The molecule has 0 saturated carbocycles. The van der Waals surface area contributed by atoms with Gasteiger partial charge in [0, 0.05) is 36.8 Å². The van der Waals surface area contributed by atoms with Gasteiger partial charge < -0.3 is 14.7 Å². The number of hydrogen-bond donors (Lipinski definition) is 1. The molecule has 0 bridgehead atoms. The monoisotopic (exact) mass is 532 g/mol. The van der Waals surface area contributed by atoms with Crippen LogP contribution >= 0.6 is 35.6 Å². The van der Waals surface area contributed by atoms with Crippen molar-refractivity contribution in [1.29, 1.82) is 0 Å². The Morgan fingerprint density at radius 2 is 2.24 bits per heavy atom. The maximum absolute atomic E-state index is 6.04. The molecule has 0 radical (unpaired) electrons. The molecule has 0 amide bonds. The Hall–Kier alpha value is -1.39.